The summed E-state index contributed by atoms with van der Waals surface area (Å²) in [7, 11) is 0. The topological polar surface area (TPSA) is 24.1 Å². The van der Waals surface area contributed by atoms with Gasteiger partial charge in [-0.05, 0) is 0 Å². The van der Waals surface area contributed by atoms with Gasteiger partial charge in [-0.25, -0.2) is 8.78 Å². The van der Waals surface area contributed by atoms with Gasteiger partial charge in [-0.15, -0.1) is 13.2 Å². The summed E-state index contributed by atoms with van der Waals surface area (Å²) in [5.41, 5.74) is 0. The molecule has 0 bridgehead atoms. The van der Waals surface area contributed by atoms with Gasteiger partial charge in [-0.1, -0.05) is 48.0 Å². The molecule has 0 radical (unpaired) electrons. The van der Waals surface area contributed by atoms with Crippen molar-refractivity contribution in [2.75, 3.05) is 24.6 Å². The van der Waals surface area contributed by atoms with Gasteiger partial charge in [0.25, 0.3) is 0 Å². The Labute approximate surface area is 167 Å². The number of thioether (sulfide) groups is 2. The van der Waals surface area contributed by atoms with Crippen molar-refractivity contribution in [2.24, 2.45) is 0 Å². The molecule has 0 rings (SSSR count). The number of hydrogen-bond acceptors (Lipinski definition) is 4. The molecule has 0 saturated heterocycles. The van der Waals surface area contributed by atoms with Crippen molar-refractivity contribution in [1.29, 1.82) is 0 Å². The molecule has 0 aliphatic rings. The van der Waals surface area contributed by atoms with Crippen LogP contribution in [0, 0.1) is 0 Å². The largest absolute Gasteiger partial charge is 0.369 e. The molecule has 0 aromatic rings. The summed E-state index contributed by atoms with van der Waals surface area (Å²) in [5.74, 6) is -2.73. The molecule has 0 aromatic carbocycles. The second-order valence-corrected chi connectivity index (χ2v) is 7.50. The van der Waals surface area contributed by atoms with Crippen LogP contribution < -0.4 is 10.6 Å². The Morgan fingerprint density at radius 1 is 0.692 bits per heavy atom. The minimum absolute atomic E-state index is 0.0842. The van der Waals surface area contributed by atoms with Crippen LogP contribution in [0.4, 0.5) is 26.3 Å². The summed E-state index contributed by atoms with van der Waals surface area (Å²) in [6.07, 6.45) is -5.46. The molecular weight excluding hydrogens is 438 g/mol. The average Bonchev–Trinajstić information content (AvgIpc) is 2.60. The summed E-state index contributed by atoms with van der Waals surface area (Å²) in [4.78, 5) is 0. The maximum Gasteiger partial charge on any atom is 0.301 e. The van der Waals surface area contributed by atoms with Gasteiger partial charge in [0, 0.05) is 37.4 Å². The van der Waals surface area contributed by atoms with Crippen LogP contribution in [0.2, 0.25) is 0 Å². The predicted molar refractivity (Wildman–Crippen MR) is 107 cm³/mol. The SMILES string of the molecule is C=C.FC(F)=C(F)CCSC(=S)NCCNC(=S)SCCC(F)=C(F)F. The van der Waals surface area contributed by atoms with Crippen LogP contribution >= 0.6 is 48.0 Å². The van der Waals surface area contributed by atoms with E-state index in [-0.39, 0.29) is 11.5 Å². The normalized spacial score (nSPS) is 9.46. The Kier molecular flexibility index (Phi) is 18.7. The maximum absolute atomic E-state index is 12.5. The molecule has 0 spiro atoms. The zero-order valence-electron chi connectivity index (χ0n) is 13.6. The number of nitrogens with one attached hydrogen (secondary N) is 2. The van der Waals surface area contributed by atoms with Crippen molar-refractivity contribution in [2.45, 2.75) is 12.8 Å². The molecule has 0 aliphatic carbocycles. The Hall–Kier alpha value is -0.720. The Balaban J connectivity index is 0. The minimum Gasteiger partial charge on any atom is -0.369 e. The quantitative estimate of drug-likeness (QED) is 0.193. The summed E-state index contributed by atoms with van der Waals surface area (Å²) < 4.78 is 73.0. The van der Waals surface area contributed by atoms with Crippen LogP contribution in [0.15, 0.2) is 37.0 Å². The van der Waals surface area contributed by atoms with Crippen molar-refractivity contribution >= 4 is 56.6 Å². The first-order valence-corrected chi connectivity index (χ1v) is 9.73. The molecule has 0 saturated carbocycles. The van der Waals surface area contributed by atoms with Gasteiger partial charge in [-0.3, -0.25) is 0 Å². The fourth-order valence-electron chi connectivity index (χ4n) is 1.09. The number of halogens is 6. The van der Waals surface area contributed by atoms with Crippen molar-refractivity contribution in [3.05, 3.63) is 37.0 Å². The number of allylic oxidation sites excluding steroid dienone is 2. The maximum atomic E-state index is 12.5. The van der Waals surface area contributed by atoms with Gasteiger partial charge in [0.05, 0.1) is 0 Å². The van der Waals surface area contributed by atoms with E-state index in [0.717, 1.165) is 23.5 Å². The molecule has 0 fully saturated rings. The van der Waals surface area contributed by atoms with E-state index in [1.165, 1.54) is 0 Å². The lowest BCUT2D eigenvalue weighted by molar-refractivity contribution is 0.373. The lowest BCUT2D eigenvalue weighted by atomic mass is 10.4. The second kappa shape index (κ2) is 17.7. The first kappa shape index (κ1) is 27.5. The first-order valence-electron chi connectivity index (χ1n) is 6.94. The standard InChI is InChI=1S/C12H14F6N2S4.C2H4/c13-7(9(15)16)1-5-23-11(21)19-3-4-20-12(22)24-6-2-8(14)10(17)18;1-2/h1-6H2,(H,19,21)(H,20,22);1-2H2. The van der Waals surface area contributed by atoms with Gasteiger partial charge in [-0.2, -0.15) is 17.6 Å². The zero-order chi connectivity index (χ0) is 20.5. The third-order valence-corrected chi connectivity index (χ3v) is 4.81. The van der Waals surface area contributed by atoms with E-state index in [1.54, 1.807) is 0 Å². The molecule has 0 unspecified atom stereocenters. The van der Waals surface area contributed by atoms with E-state index < -0.39 is 36.7 Å². The van der Waals surface area contributed by atoms with Crippen molar-refractivity contribution in [3.8, 4) is 0 Å². The lowest BCUT2D eigenvalue weighted by Gasteiger charge is -2.09. The van der Waals surface area contributed by atoms with E-state index in [2.05, 4.69) is 23.8 Å². The highest BCUT2D eigenvalue weighted by Gasteiger charge is 2.07. The lowest BCUT2D eigenvalue weighted by Crippen LogP contribution is -2.31. The van der Waals surface area contributed by atoms with E-state index in [4.69, 9.17) is 24.4 Å². The third-order valence-electron chi connectivity index (χ3n) is 2.18. The molecule has 2 nitrogen and oxygen atoms in total. The average molecular weight is 457 g/mol. The molecule has 0 aromatic heterocycles. The van der Waals surface area contributed by atoms with Crippen LogP contribution in [-0.2, 0) is 0 Å². The van der Waals surface area contributed by atoms with Gasteiger partial charge in [0.1, 0.15) is 8.64 Å². The highest BCUT2D eigenvalue weighted by molar-refractivity contribution is 8.23. The van der Waals surface area contributed by atoms with E-state index in [9.17, 15) is 26.3 Å². The van der Waals surface area contributed by atoms with Crippen molar-refractivity contribution in [1.82, 2.24) is 10.6 Å². The number of rotatable bonds is 9. The highest BCUT2D eigenvalue weighted by Crippen LogP contribution is 2.17. The van der Waals surface area contributed by atoms with Gasteiger partial charge in [0.2, 0.25) is 0 Å². The van der Waals surface area contributed by atoms with Crippen LogP contribution in [0.3, 0.4) is 0 Å². The minimum atomic E-state index is -2.32. The Bertz CT molecular complexity index is 462. The van der Waals surface area contributed by atoms with Crippen LogP contribution in [0.25, 0.3) is 0 Å². The molecule has 150 valence electrons. The molecule has 0 heterocycles. The van der Waals surface area contributed by atoms with E-state index in [0.29, 0.717) is 21.7 Å². The fourth-order valence-corrected chi connectivity index (χ4v) is 3.13. The predicted octanol–water partition coefficient (Wildman–Crippen LogP) is 5.94. The molecule has 0 aliphatic heterocycles. The fraction of sp³-hybridized carbons (Fsp3) is 0.429. The highest BCUT2D eigenvalue weighted by atomic mass is 32.2. The Morgan fingerprint density at radius 2 is 1.00 bits per heavy atom. The van der Waals surface area contributed by atoms with E-state index in [1.807, 2.05) is 0 Å². The van der Waals surface area contributed by atoms with Crippen LogP contribution in [-0.4, -0.2) is 33.2 Å². The first-order chi connectivity index (χ1) is 12.2. The summed E-state index contributed by atoms with van der Waals surface area (Å²) in [6, 6.07) is 0. The monoisotopic (exact) mass is 456 g/mol. The molecule has 2 N–H and O–H groups in total. The van der Waals surface area contributed by atoms with Crippen molar-refractivity contribution < 1.29 is 26.3 Å². The van der Waals surface area contributed by atoms with Gasteiger partial charge < -0.3 is 10.6 Å². The zero-order valence-corrected chi connectivity index (χ0v) is 16.8. The van der Waals surface area contributed by atoms with E-state index >= 15 is 0 Å². The summed E-state index contributed by atoms with van der Waals surface area (Å²) in [5, 5.41) is 5.60. The summed E-state index contributed by atoms with van der Waals surface area (Å²) in [6.45, 7) is 6.74. The van der Waals surface area contributed by atoms with Crippen LogP contribution in [0.1, 0.15) is 12.8 Å². The van der Waals surface area contributed by atoms with Gasteiger partial charge in [0.15, 0.2) is 11.7 Å². The summed E-state index contributed by atoms with van der Waals surface area (Å²) >= 11 is 11.9. The van der Waals surface area contributed by atoms with Gasteiger partial charge >= 0.3 is 12.2 Å². The molecule has 12 heteroatoms. The molecule has 26 heavy (non-hydrogen) atoms. The van der Waals surface area contributed by atoms with Crippen molar-refractivity contribution in [3.63, 3.8) is 0 Å². The number of hydrogen-bond donors (Lipinski definition) is 2. The molecule has 0 amide bonds. The molecule has 0 atom stereocenters. The smallest absolute Gasteiger partial charge is 0.301 e. The third kappa shape index (κ3) is 16.7. The molecular formula is C14H18F6N2S4. The second-order valence-electron chi connectivity index (χ2n) is 3.96. The number of thiocarbonyl (C=S) groups is 2. The van der Waals surface area contributed by atoms with Crippen LogP contribution in [0.5, 0.6) is 0 Å². The Morgan fingerprint density at radius 3 is 1.27 bits per heavy atom.